The number of aromatic nitrogens is 4. The normalized spacial score (nSPS) is 16.6. The molecule has 9 heteroatoms. The van der Waals surface area contributed by atoms with Gasteiger partial charge in [0, 0.05) is 56.3 Å². The van der Waals surface area contributed by atoms with E-state index >= 15 is 0 Å². The second-order valence-corrected chi connectivity index (χ2v) is 8.08. The lowest BCUT2D eigenvalue weighted by molar-refractivity contribution is -0.117. The van der Waals surface area contributed by atoms with Crippen LogP contribution in [0.4, 0.5) is 5.82 Å². The topological polar surface area (TPSA) is 102 Å². The molecule has 0 unspecified atom stereocenters. The molecular formula is C23H26N6O3. The van der Waals surface area contributed by atoms with E-state index in [1.54, 1.807) is 6.20 Å². The van der Waals surface area contributed by atoms with Gasteiger partial charge in [-0.25, -0.2) is 4.79 Å². The molecule has 1 fully saturated rings. The van der Waals surface area contributed by atoms with E-state index in [0.717, 1.165) is 47.4 Å². The second kappa shape index (κ2) is 9.27. The SMILES string of the molecule is Cn1c(NC(=O)CN2CCC[C@H](c3ccc(-c4ccccn4)cn3)C2)cc(=O)n(C)c1=O. The molecule has 0 aliphatic carbocycles. The lowest BCUT2D eigenvalue weighted by Gasteiger charge is -2.32. The van der Waals surface area contributed by atoms with Gasteiger partial charge in [-0.05, 0) is 43.7 Å². The van der Waals surface area contributed by atoms with Crippen LogP contribution in [-0.2, 0) is 18.9 Å². The van der Waals surface area contributed by atoms with Crippen LogP contribution in [0.15, 0.2) is 58.4 Å². The number of anilines is 1. The van der Waals surface area contributed by atoms with E-state index in [1.807, 2.05) is 36.5 Å². The van der Waals surface area contributed by atoms with Crippen molar-refractivity contribution in [2.24, 2.45) is 14.1 Å². The number of amides is 1. The van der Waals surface area contributed by atoms with Crippen LogP contribution in [0.25, 0.3) is 11.3 Å². The molecule has 0 aromatic carbocycles. The number of likely N-dealkylation sites (tertiary alicyclic amines) is 1. The predicted octanol–water partition coefficient (Wildman–Crippen LogP) is 1.36. The van der Waals surface area contributed by atoms with Crippen molar-refractivity contribution < 1.29 is 4.79 Å². The van der Waals surface area contributed by atoms with Crippen molar-refractivity contribution in [1.82, 2.24) is 24.0 Å². The van der Waals surface area contributed by atoms with E-state index < -0.39 is 11.2 Å². The number of carbonyl (C=O) groups is 1. The van der Waals surface area contributed by atoms with Crippen molar-refractivity contribution >= 4 is 11.7 Å². The Morgan fingerprint density at radius 1 is 1.12 bits per heavy atom. The van der Waals surface area contributed by atoms with E-state index in [-0.39, 0.29) is 24.2 Å². The summed E-state index contributed by atoms with van der Waals surface area (Å²) < 4.78 is 2.25. The highest BCUT2D eigenvalue weighted by Crippen LogP contribution is 2.26. The Morgan fingerprint density at radius 2 is 1.97 bits per heavy atom. The number of nitrogens with zero attached hydrogens (tertiary/aromatic N) is 5. The van der Waals surface area contributed by atoms with Gasteiger partial charge in [0.05, 0.1) is 12.2 Å². The fourth-order valence-electron chi connectivity index (χ4n) is 4.01. The quantitative estimate of drug-likeness (QED) is 0.651. The average Bonchev–Trinajstić information content (AvgIpc) is 2.82. The number of pyridine rings is 2. The molecule has 3 aromatic heterocycles. The van der Waals surface area contributed by atoms with Crippen molar-refractivity contribution in [3.63, 3.8) is 0 Å². The van der Waals surface area contributed by atoms with Gasteiger partial charge in [-0.3, -0.25) is 33.6 Å². The molecule has 1 aliphatic heterocycles. The Bertz CT molecular complexity index is 1220. The van der Waals surface area contributed by atoms with Crippen molar-refractivity contribution in [3.8, 4) is 11.3 Å². The molecule has 32 heavy (non-hydrogen) atoms. The van der Waals surface area contributed by atoms with Gasteiger partial charge in [0.2, 0.25) is 5.91 Å². The summed E-state index contributed by atoms with van der Waals surface area (Å²) in [6, 6.07) is 11.1. The lowest BCUT2D eigenvalue weighted by atomic mass is 9.94. The zero-order chi connectivity index (χ0) is 22.7. The fraction of sp³-hybridized carbons (Fsp3) is 0.348. The molecule has 1 N–H and O–H groups in total. The van der Waals surface area contributed by atoms with E-state index in [1.165, 1.54) is 24.7 Å². The van der Waals surface area contributed by atoms with Gasteiger partial charge in [0.25, 0.3) is 5.56 Å². The molecule has 3 aromatic rings. The molecule has 1 saturated heterocycles. The third kappa shape index (κ3) is 4.67. The Morgan fingerprint density at radius 3 is 2.69 bits per heavy atom. The van der Waals surface area contributed by atoms with Crippen LogP contribution in [0.3, 0.4) is 0 Å². The monoisotopic (exact) mass is 434 g/mol. The molecule has 1 amide bonds. The molecule has 0 saturated carbocycles. The number of hydrogen-bond acceptors (Lipinski definition) is 6. The Balaban J connectivity index is 1.40. The first kappa shape index (κ1) is 21.6. The molecule has 4 heterocycles. The van der Waals surface area contributed by atoms with Gasteiger partial charge in [0.15, 0.2) is 0 Å². The summed E-state index contributed by atoms with van der Waals surface area (Å²) >= 11 is 0. The van der Waals surface area contributed by atoms with Crippen LogP contribution in [0.5, 0.6) is 0 Å². The average molecular weight is 435 g/mol. The summed E-state index contributed by atoms with van der Waals surface area (Å²) in [5, 5.41) is 2.69. The zero-order valence-corrected chi connectivity index (χ0v) is 18.2. The largest absolute Gasteiger partial charge is 0.332 e. The third-order valence-electron chi connectivity index (χ3n) is 5.83. The maximum atomic E-state index is 12.6. The molecule has 4 rings (SSSR count). The van der Waals surface area contributed by atoms with Crippen LogP contribution in [0, 0.1) is 0 Å². The molecular weight excluding hydrogens is 408 g/mol. The summed E-state index contributed by atoms with van der Waals surface area (Å²) in [6.07, 6.45) is 5.58. The first-order chi connectivity index (χ1) is 15.4. The van der Waals surface area contributed by atoms with E-state index in [0.29, 0.717) is 0 Å². The number of nitrogens with one attached hydrogen (secondary N) is 1. The summed E-state index contributed by atoms with van der Waals surface area (Å²) in [5.74, 6) is 0.179. The maximum absolute atomic E-state index is 12.6. The molecule has 0 bridgehead atoms. The van der Waals surface area contributed by atoms with Gasteiger partial charge in [-0.1, -0.05) is 6.07 Å². The van der Waals surface area contributed by atoms with Gasteiger partial charge in [0.1, 0.15) is 5.82 Å². The molecule has 0 spiro atoms. The highest BCUT2D eigenvalue weighted by atomic mass is 16.2. The first-order valence-corrected chi connectivity index (χ1v) is 10.6. The van der Waals surface area contributed by atoms with Crippen LogP contribution in [0.2, 0.25) is 0 Å². The maximum Gasteiger partial charge on any atom is 0.332 e. The van der Waals surface area contributed by atoms with E-state index in [2.05, 4.69) is 20.2 Å². The Labute approximate surface area is 185 Å². The smallest absolute Gasteiger partial charge is 0.311 e. The van der Waals surface area contributed by atoms with Gasteiger partial charge >= 0.3 is 5.69 Å². The first-order valence-electron chi connectivity index (χ1n) is 10.6. The number of carbonyl (C=O) groups excluding carboxylic acids is 1. The minimum Gasteiger partial charge on any atom is -0.311 e. The second-order valence-electron chi connectivity index (χ2n) is 8.08. The van der Waals surface area contributed by atoms with Crippen LogP contribution >= 0.6 is 0 Å². The highest BCUT2D eigenvalue weighted by molar-refractivity contribution is 5.91. The molecule has 9 nitrogen and oxygen atoms in total. The third-order valence-corrected chi connectivity index (χ3v) is 5.83. The van der Waals surface area contributed by atoms with Crippen LogP contribution in [0.1, 0.15) is 24.5 Å². The Kier molecular flexibility index (Phi) is 6.27. The number of hydrogen-bond donors (Lipinski definition) is 1. The number of rotatable bonds is 5. The summed E-state index contributed by atoms with van der Waals surface area (Å²) in [5.41, 5.74) is 1.93. The Hall–Kier alpha value is -3.59. The standard InChI is InChI=1S/C23H26N6O3/c1-27-20(12-22(31)28(2)23(27)32)26-21(30)15-29-11-5-6-17(14-29)19-9-8-16(13-25-19)18-7-3-4-10-24-18/h3-4,7-10,12-13,17H,5-6,11,14-15H2,1-2H3,(H,26,30)/t17-/m0/s1. The fourth-order valence-corrected chi connectivity index (χ4v) is 4.01. The molecule has 0 radical (unpaired) electrons. The predicted molar refractivity (Wildman–Crippen MR) is 121 cm³/mol. The van der Waals surface area contributed by atoms with Crippen LogP contribution < -0.4 is 16.6 Å². The molecule has 1 aliphatic rings. The van der Waals surface area contributed by atoms with E-state index in [9.17, 15) is 14.4 Å². The van der Waals surface area contributed by atoms with Crippen molar-refractivity contribution in [2.75, 3.05) is 25.0 Å². The van der Waals surface area contributed by atoms with Gasteiger partial charge < -0.3 is 5.32 Å². The van der Waals surface area contributed by atoms with Crippen LogP contribution in [-0.4, -0.2) is 49.5 Å². The lowest BCUT2D eigenvalue weighted by Crippen LogP contribution is -2.42. The van der Waals surface area contributed by atoms with Crippen molar-refractivity contribution in [2.45, 2.75) is 18.8 Å². The van der Waals surface area contributed by atoms with Gasteiger partial charge in [-0.15, -0.1) is 0 Å². The minimum atomic E-state index is -0.480. The van der Waals surface area contributed by atoms with E-state index in [4.69, 9.17) is 0 Å². The molecule has 166 valence electrons. The van der Waals surface area contributed by atoms with Crippen molar-refractivity contribution in [3.05, 3.63) is 75.3 Å². The highest BCUT2D eigenvalue weighted by Gasteiger charge is 2.24. The van der Waals surface area contributed by atoms with Gasteiger partial charge in [-0.2, -0.15) is 0 Å². The number of piperidine rings is 1. The zero-order valence-electron chi connectivity index (χ0n) is 18.2. The summed E-state index contributed by atoms with van der Waals surface area (Å²) in [4.78, 5) is 47.6. The summed E-state index contributed by atoms with van der Waals surface area (Å²) in [6.45, 7) is 1.72. The molecule has 1 atom stereocenters. The van der Waals surface area contributed by atoms with Crippen molar-refractivity contribution in [1.29, 1.82) is 0 Å². The summed E-state index contributed by atoms with van der Waals surface area (Å²) in [7, 11) is 2.93. The minimum absolute atomic E-state index is 0.186.